The van der Waals surface area contributed by atoms with Crippen molar-refractivity contribution in [1.29, 1.82) is 0 Å². The second-order valence-corrected chi connectivity index (χ2v) is 7.30. The Labute approximate surface area is 158 Å². The van der Waals surface area contributed by atoms with Gasteiger partial charge in [0.2, 0.25) is 5.88 Å². The molecule has 0 atom stereocenters. The summed E-state index contributed by atoms with van der Waals surface area (Å²) in [4.78, 5) is 8.74. The summed E-state index contributed by atoms with van der Waals surface area (Å²) < 4.78 is 6.23. The average molecular weight is 366 g/mol. The molecule has 0 radical (unpaired) electrons. The number of ether oxygens (including phenoxy) is 1. The normalized spacial score (nSPS) is 13.7. The highest BCUT2D eigenvalue weighted by atomic mass is 35.5. The van der Waals surface area contributed by atoms with Gasteiger partial charge in [-0.2, -0.15) is 0 Å². The van der Waals surface area contributed by atoms with Crippen LogP contribution in [0.5, 0.6) is 11.6 Å². The molecule has 5 heteroatoms. The standard InChI is InChI=1S/C21H20ClN3O/c1-12-7-13(2)20(17(8-12)14-3-4-14)26-21-18(23)5-6-19(25-21)15-9-16(22)11-24-10-15/h5-11,14H,3-4,23H2,1-2H3. The Balaban J connectivity index is 1.74. The molecule has 2 N–H and O–H groups in total. The first kappa shape index (κ1) is 16.9. The van der Waals surface area contributed by atoms with Crippen molar-refractivity contribution in [3.05, 3.63) is 64.4 Å². The van der Waals surface area contributed by atoms with Crippen LogP contribution in [-0.2, 0) is 0 Å². The molecule has 4 nitrogen and oxygen atoms in total. The van der Waals surface area contributed by atoms with Crippen LogP contribution in [0.4, 0.5) is 5.69 Å². The Kier molecular flexibility index (Phi) is 4.29. The van der Waals surface area contributed by atoms with Gasteiger partial charge in [-0.25, -0.2) is 4.98 Å². The molecule has 0 amide bonds. The first-order valence-electron chi connectivity index (χ1n) is 8.67. The molecule has 1 aliphatic carbocycles. The van der Waals surface area contributed by atoms with E-state index in [9.17, 15) is 0 Å². The van der Waals surface area contributed by atoms with Crippen molar-refractivity contribution in [1.82, 2.24) is 9.97 Å². The zero-order chi connectivity index (χ0) is 18.3. The fraction of sp³-hybridized carbons (Fsp3) is 0.238. The molecule has 1 fully saturated rings. The summed E-state index contributed by atoms with van der Waals surface area (Å²) in [6.07, 6.45) is 5.73. The molecule has 0 spiro atoms. The summed E-state index contributed by atoms with van der Waals surface area (Å²) in [5.74, 6) is 1.86. The van der Waals surface area contributed by atoms with E-state index in [2.05, 4.69) is 35.9 Å². The lowest BCUT2D eigenvalue weighted by molar-refractivity contribution is 0.456. The van der Waals surface area contributed by atoms with Crippen LogP contribution in [0.1, 0.15) is 35.4 Å². The first-order chi connectivity index (χ1) is 12.5. The SMILES string of the molecule is Cc1cc(C)c(Oc2nc(-c3cncc(Cl)c3)ccc2N)c(C2CC2)c1. The van der Waals surface area contributed by atoms with Crippen LogP contribution in [0.25, 0.3) is 11.3 Å². The van der Waals surface area contributed by atoms with Gasteiger partial charge in [0.1, 0.15) is 5.75 Å². The minimum Gasteiger partial charge on any atom is -0.436 e. The predicted octanol–water partition coefficient (Wildman–Crippen LogP) is 5.67. The van der Waals surface area contributed by atoms with E-state index in [0.29, 0.717) is 22.5 Å². The lowest BCUT2D eigenvalue weighted by Gasteiger charge is -2.16. The zero-order valence-corrected chi connectivity index (χ0v) is 15.5. The number of hydrogen-bond acceptors (Lipinski definition) is 4. The van der Waals surface area contributed by atoms with Gasteiger partial charge in [-0.1, -0.05) is 29.3 Å². The van der Waals surface area contributed by atoms with Gasteiger partial charge in [0.25, 0.3) is 0 Å². The number of nitrogens with zero attached hydrogens (tertiary/aromatic N) is 2. The number of hydrogen-bond donors (Lipinski definition) is 1. The van der Waals surface area contributed by atoms with Crippen molar-refractivity contribution in [2.45, 2.75) is 32.6 Å². The Morgan fingerprint density at radius 2 is 1.92 bits per heavy atom. The fourth-order valence-corrected chi connectivity index (χ4v) is 3.34. The van der Waals surface area contributed by atoms with Crippen molar-refractivity contribution in [3.63, 3.8) is 0 Å². The summed E-state index contributed by atoms with van der Waals surface area (Å²) in [7, 11) is 0. The van der Waals surface area contributed by atoms with Crippen LogP contribution < -0.4 is 10.5 Å². The smallest absolute Gasteiger partial charge is 0.243 e. The van der Waals surface area contributed by atoms with Crippen LogP contribution in [0.15, 0.2) is 42.7 Å². The van der Waals surface area contributed by atoms with Gasteiger partial charge in [0, 0.05) is 18.0 Å². The molecule has 0 unspecified atom stereocenters. The second kappa shape index (κ2) is 6.61. The highest BCUT2D eigenvalue weighted by Gasteiger charge is 2.28. The third-order valence-electron chi connectivity index (χ3n) is 4.55. The highest BCUT2D eigenvalue weighted by molar-refractivity contribution is 6.30. The molecule has 3 aromatic rings. The summed E-state index contributed by atoms with van der Waals surface area (Å²) in [5.41, 5.74) is 11.8. The molecule has 1 saturated carbocycles. The third kappa shape index (κ3) is 3.37. The topological polar surface area (TPSA) is 61.0 Å². The van der Waals surface area contributed by atoms with Gasteiger partial charge in [0.05, 0.1) is 16.4 Å². The van der Waals surface area contributed by atoms with Gasteiger partial charge in [-0.3, -0.25) is 4.98 Å². The van der Waals surface area contributed by atoms with E-state index in [1.54, 1.807) is 18.5 Å². The van der Waals surface area contributed by atoms with Crippen LogP contribution in [0.3, 0.4) is 0 Å². The van der Waals surface area contributed by atoms with E-state index in [4.69, 9.17) is 22.1 Å². The van der Waals surface area contributed by atoms with Crippen molar-refractivity contribution >= 4 is 17.3 Å². The lowest BCUT2D eigenvalue weighted by Crippen LogP contribution is -2.00. The van der Waals surface area contributed by atoms with E-state index in [-0.39, 0.29) is 0 Å². The van der Waals surface area contributed by atoms with E-state index in [1.165, 1.54) is 24.0 Å². The van der Waals surface area contributed by atoms with E-state index >= 15 is 0 Å². The van der Waals surface area contributed by atoms with E-state index < -0.39 is 0 Å². The summed E-state index contributed by atoms with van der Waals surface area (Å²) in [6, 6.07) is 9.81. The predicted molar refractivity (Wildman–Crippen MR) is 105 cm³/mol. The van der Waals surface area contributed by atoms with Crippen molar-refractivity contribution in [3.8, 4) is 22.9 Å². The second-order valence-electron chi connectivity index (χ2n) is 6.86. The molecule has 4 rings (SSSR count). The number of nitrogen functional groups attached to an aromatic ring is 1. The van der Waals surface area contributed by atoms with E-state index in [0.717, 1.165) is 22.6 Å². The maximum Gasteiger partial charge on any atom is 0.243 e. The van der Waals surface area contributed by atoms with Crippen molar-refractivity contribution < 1.29 is 4.74 Å². The molecular formula is C21H20ClN3O. The Morgan fingerprint density at radius 3 is 2.65 bits per heavy atom. The quantitative estimate of drug-likeness (QED) is 0.647. The summed E-state index contributed by atoms with van der Waals surface area (Å²) in [5, 5.41) is 0.564. The number of anilines is 1. The number of benzene rings is 1. The number of nitrogens with two attached hydrogens (primary N) is 1. The van der Waals surface area contributed by atoms with Crippen molar-refractivity contribution in [2.24, 2.45) is 0 Å². The van der Waals surface area contributed by atoms with Gasteiger partial charge < -0.3 is 10.5 Å². The maximum atomic E-state index is 6.23. The van der Waals surface area contributed by atoms with Gasteiger partial charge in [-0.15, -0.1) is 0 Å². The highest BCUT2D eigenvalue weighted by Crippen LogP contribution is 2.47. The van der Waals surface area contributed by atoms with Crippen LogP contribution in [-0.4, -0.2) is 9.97 Å². The molecule has 26 heavy (non-hydrogen) atoms. The number of rotatable bonds is 4. The number of aryl methyl sites for hydroxylation is 2. The Morgan fingerprint density at radius 1 is 1.12 bits per heavy atom. The molecule has 0 aliphatic heterocycles. The molecular weight excluding hydrogens is 346 g/mol. The maximum absolute atomic E-state index is 6.23. The average Bonchev–Trinajstić information content (AvgIpc) is 3.43. The molecule has 2 aromatic heterocycles. The van der Waals surface area contributed by atoms with Gasteiger partial charge >= 0.3 is 0 Å². The first-order valence-corrected chi connectivity index (χ1v) is 9.05. The largest absolute Gasteiger partial charge is 0.436 e. The van der Waals surface area contributed by atoms with Crippen LogP contribution in [0.2, 0.25) is 5.02 Å². The summed E-state index contributed by atoms with van der Waals surface area (Å²) >= 11 is 6.05. The van der Waals surface area contributed by atoms with Crippen LogP contribution >= 0.6 is 11.6 Å². The third-order valence-corrected chi connectivity index (χ3v) is 4.76. The molecule has 0 bridgehead atoms. The molecule has 0 saturated heterocycles. The Bertz CT molecular complexity index is 983. The fourth-order valence-electron chi connectivity index (χ4n) is 3.17. The molecule has 1 aliphatic rings. The summed E-state index contributed by atoms with van der Waals surface area (Å²) in [6.45, 7) is 4.18. The van der Waals surface area contributed by atoms with Gasteiger partial charge in [-0.05, 0) is 61.9 Å². The zero-order valence-electron chi connectivity index (χ0n) is 14.8. The minimum absolute atomic E-state index is 0.413. The number of aromatic nitrogens is 2. The minimum atomic E-state index is 0.413. The van der Waals surface area contributed by atoms with Crippen molar-refractivity contribution in [2.75, 3.05) is 5.73 Å². The molecule has 2 heterocycles. The van der Waals surface area contributed by atoms with Crippen LogP contribution in [0, 0.1) is 13.8 Å². The molecule has 132 valence electrons. The monoisotopic (exact) mass is 365 g/mol. The number of halogens is 1. The van der Waals surface area contributed by atoms with Gasteiger partial charge in [0.15, 0.2) is 0 Å². The Hall–Kier alpha value is -2.59. The number of pyridine rings is 2. The lowest BCUT2D eigenvalue weighted by atomic mass is 10.0. The van der Waals surface area contributed by atoms with E-state index in [1.807, 2.05) is 12.1 Å². The molecule has 1 aromatic carbocycles.